The van der Waals surface area contributed by atoms with Gasteiger partial charge in [-0.05, 0) is 12.8 Å². The minimum absolute atomic E-state index is 0.770. The van der Waals surface area contributed by atoms with Gasteiger partial charge in [-0.25, -0.2) is 4.98 Å². The lowest BCUT2D eigenvalue weighted by molar-refractivity contribution is 0.679. The molecule has 1 fully saturated rings. The van der Waals surface area contributed by atoms with Crippen LogP contribution in [-0.4, -0.2) is 14.8 Å². The molecule has 0 spiro atoms. The number of hydrogen-bond acceptors (Lipinski definition) is 4. The van der Waals surface area contributed by atoms with Gasteiger partial charge < -0.3 is 5.32 Å². The molecule has 17 heavy (non-hydrogen) atoms. The van der Waals surface area contributed by atoms with E-state index in [0.29, 0.717) is 0 Å². The molecule has 2 aromatic heterocycles. The van der Waals surface area contributed by atoms with Crippen molar-refractivity contribution in [1.29, 1.82) is 0 Å². The number of nitrogens with zero attached hydrogens (tertiary/aromatic N) is 3. The summed E-state index contributed by atoms with van der Waals surface area (Å²) in [6.45, 7) is 1.70. The van der Waals surface area contributed by atoms with Crippen molar-refractivity contribution in [2.24, 2.45) is 7.05 Å². The van der Waals surface area contributed by atoms with Crippen LogP contribution in [0.1, 0.15) is 35.0 Å². The van der Waals surface area contributed by atoms with E-state index in [4.69, 9.17) is 0 Å². The molecule has 0 bridgehead atoms. The molecule has 0 amide bonds. The highest BCUT2D eigenvalue weighted by Crippen LogP contribution is 2.41. The van der Waals surface area contributed by atoms with Gasteiger partial charge in [0.2, 0.25) is 0 Å². The quantitative estimate of drug-likeness (QED) is 0.880. The molecule has 0 aliphatic heterocycles. The summed E-state index contributed by atoms with van der Waals surface area (Å²) in [5.74, 6) is 0.770. The molecule has 1 saturated carbocycles. The van der Waals surface area contributed by atoms with Crippen molar-refractivity contribution in [1.82, 2.24) is 20.1 Å². The van der Waals surface area contributed by atoms with Gasteiger partial charge >= 0.3 is 0 Å². The summed E-state index contributed by atoms with van der Waals surface area (Å²) < 4.78 is 1.82. The number of hydrogen-bond donors (Lipinski definition) is 1. The summed E-state index contributed by atoms with van der Waals surface area (Å²) >= 11 is 1.80. The molecule has 0 radical (unpaired) electrons. The van der Waals surface area contributed by atoms with Crippen LogP contribution in [0.3, 0.4) is 0 Å². The first kappa shape index (κ1) is 10.9. The lowest BCUT2D eigenvalue weighted by Crippen LogP contribution is -2.12. The van der Waals surface area contributed by atoms with E-state index >= 15 is 0 Å². The fraction of sp³-hybridized carbons (Fsp3) is 0.500. The Morgan fingerprint density at radius 3 is 3.06 bits per heavy atom. The lowest BCUT2D eigenvalue weighted by Gasteiger charge is -1.99. The fourth-order valence-corrected chi connectivity index (χ4v) is 2.81. The molecule has 0 saturated heterocycles. The topological polar surface area (TPSA) is 42.7 Å². The Labute approximate surface area is 105 Å². The third kappa shape index (κ3) is 2.73. The maximum absolute atomic E-state index is 4.64. The lowest BCUT2D eigenvalue weighted by atomic mass is 10.3. The van der Waals surface area contributed by atoms with E-state index in [2.05, 4.69) is 20.8 Å². The van der Waals surface area contributed by atoms with Gasteiger partial charge in [0.1, 0.15) is 0 Å². The van der Waals surface area contributed by atoms with Crippen molar-refractivity contribution >= 4 is 11.3 Å². The van der Waals surface area contributed by atoms with Crippen LogP contribution in [0.5, 0.6) is 0 Å². The molecule has 4 nitrogen and oxygen atoms in total. The van der Waals surface area contributed by atoms with E-state index < -0.39 is 0 Å². The smallest absolute Gasteiger partial charge is 0.0959 e. The van der Waals surface area contributed by atoms with Gasteiger partial charge in [0.05, 0.1) is 16.9 Å². The molecular weight excluding hydrogens is 232 g/mol. The average molecular weight is 248 g/mol. The third-order valence-corrected chi connectivity index (χ3v) is 3.95. The summed E-state index contributed by atoms with van der Waals surface area (Å²) in [6.07, 6.45) is 6.58. The minimum Gasteiger partial charge on any atom is -0.307 e. The standard InChI is InChI=1S/C12H16N4S/c1-16-7-9(5-14-16)4-13-6-11-8-17-12(15-11)10-2-3-10/h5,7-8,10,13H,2-4,6H2,1H3. The van der Waals surface area contributed by atoms with E-state index in [1.54, 1.807) is 11.3 Å². The van der Waals surface area contributed by atoms with Crippen LogP contribution < -0.4 is 5.32 Å². The van der Waals surface area contributed by atoms with Crippen molar-refractivity contribution in [2.45, 2.75) is 31.8 Å². The Balaban J connectivity index is 1.49. The zero-order chi connectivity index (χ0) is 11.7. The summed E-state index contributed by atoms with van der Waals surface area (Å²) in [5.41, 5.74) is 2.38. The summed E-state index contributed by atoms with van der Waals surface area (Å²) in [6, 6.07) is 0. The van der Waals surface area contributed by atoms with Crippen molar-refractivity contribution in [3.8, 4) is 0 Å². The molecule has 3 rings (SSSR count). The number of thiazole rings is 1. The summed E-state index contributed by atoms with van der Waals surface area (Å²) in [5, 5.41) is 11.0. The molecule has 0 atom stereocenters. The predicted molar refractivity (Wildman–Crippen MR) is 67.8 cm³/mol. The maximum atomic E-state index is 4.64. The van der Waals surface area contributed by atoms with Crippen LogP contribution in [-0.2, 0) is 20.1 Å². The monoisotopic (exact) mass is 248 g/mol. The Morgan fingerprint density at radius 1 is 1.47 bits per heavy atom. The van der Waals surface area contributed by atoms with Crippen molar-refractivity contribution < 1.29 is 0 Å². The van der Waals surface area contributed by atoms with Gasteiger partial charge in [0, 0.05) is 43.2 Å². The molecule has 1 N–H and O–H groups in total. The predicted octanol–water partition coefficient (Wildman–Crippen LogP) is 2.04. The Kier molecular flexibility index (Phi) is 2.94. The molecule has 2 heterocycles. The van der Waals surface area contributed by atoms with E-state index in [1.807, 2.05) is 24.1 Å². The van der Waals surface area contributed by atoms with Gasteiger partial charge in [-0.15, -0.1) is 11.3 Å². The average Bonchev–Trinajstić information content (AvgIpc) is 2.93. The van der Waals surface area contributed by atoms with Crippen LogP contribution in [0, 0.1) is 0 Å². The van der Waals surface area contributed by atoms with E-state index in [0.717, 1.165) is 19.0 Å². The van der Waals surface area contributed by atoms with Crippen molar-refractivity contribution in [2.75, 3.05) is 0 Å². The molecule has 0 unspecified atom stereocenters. The van der Waals surface area contributed by atoms with E-state index in [9.17, 15) is 0 Å². The van der Waals surface area contributed by atoms with E-state index in [-0.39, 0.29) is 0 Å². The molecule has 5 heteroatoms. The zero-order valence-corrected chi connectivity index (χ0v) is 10.7. The van der Waals surface area contributed by atoms with Crippen molar-refractivity contribution in [3.63, 3.8) is 0 Å². The Bertz CT molecular complexity index is 498. The van der Waals surface area contributed by atoms with Crippen LogP contribution in [0.4, 0.5) is 0 Å². The van der Waals surface area contributed by atoms with Crippen LogP contribution >= 0.6 is 11.3 Å². The highest BCUT2D eigenvalue weighted by molar-refractivity contribution is 7.09. The number of aromatic nitrogens is 3. The second-order valence-corrected chi connectivity index (χ2v) is 5.47. The SMILES string of the molecule is Cn1cc(CNCc2csc(C3CC3)n2)cn1. The molecule has 1 aliphatic carbocycles. The second-order valence-electron chi connectivity index (χ2n) is 4.58. The third-order valence-electron chi connectivity index (χ3n) is 2.89. The van der Waals surface area contributed by atoms with Crippen molar-refractivity contribution in [3.05, 3.63) is 34.0 Å². The second kappa shape index (κ2) is 4.58. The summed E-state index contributed by atoms with van der Waals surface area (Å²) in [4.78, 5) is 4.64. The van der Waals surface area contributed by atoms with Gasteiger partial charge in [-0.2, -0.15) is 5.10 Å². The summed E-state index contributed by atoms with van der Waals surface area (Å²) in [7, 11) is 1.94. The van der Waals surface area contributed by atoms with Crippen LogP contribution in [0.25, 0.3) is 0 Å². The molecular formula is C12H16N4S. The molecule has 1 aliphatic rings. The fourth-order valence-electron chi connectivity index (χ4n) is 1.82. The number of rotatable bonds is 5. The van der Waals surface area contributed by atoms with Gasteiger partial charge in [0.15, 0.2) is 0 Å². The highest BCUT2D eigenvalue weighted by Gasteiger charge is 2.26. The number of nitrogens with one attached hydrogen (secondary N) is 1. The Morgan fingerprint density at radius 2 is 2.35 bits per heavy atom. The van der Waals surface area contributed by atoms with Gasteiger partial charge in [-0.1, -0.05) is 0 Å². The van der Waals surface area contributed by atoms with Gasteiger partial charge in [-0.3, -0.25) is 4.68 Å². The minimum atomic E-state index is 0.770. The van der Waals surface area contributed by atoms with Crippen LogP contribution in [0.2, 0.25) is 0 Å². The largest absolute Gasteiger partial charge is 0.307 e. The first-order chi connectivity index (χ1) is 8.31. The van der Waals surface area contributed by atoms with Crippen LogP contribution in [0.15, 0.2) is 17.8 Å². The zero-order valence-electron chi connectivity index (χ0n) is 9.89. The normalized spacial score (nSPS) is 15.4. The maximum Gasteiger partial charge on any atom is 0.0959 e. The molecule has 90 valence electrons. The molecule has 2 aromatic rings. The van der Waals surface area contributed by atoms with E-state index in [1.165, 1.54) is 29.1 Å². The molecule has 0 aromatic carbocycles. The first-order valence-electron chi connectivity index (χ1n) is 5.94. The first-order valence-corrected chi connectivity index (χ1v) is 6.82. The van der Waals surface area contributed by atoms with Gasteiger partial charge in [0.25, 0.3) is 0 Å². The number of aryl methyl sites for hydroxylation is 1. The highest BCUT2D eigenvalue weighted by atomic mass is 32.1. The Hall–Kier alpha value is -1.20.